The molecule has 2 N–H and O–H groups in total. The van der Waals surface area contributed by atoms with Crippen molar-refractivity contribution in [3.8, 4) is 0 Å². The van der Waals surface area contributed by atoms with E-state index >= 15 is 0 Å². The van der Waals surface area contributed by atoms with E-state index in [9.17, 15) is 8.42 Å². The van der Waals surface area contributed by atoms with Crippen molar-refractivity contribution in [1.29, 1.82) is 0 Å². The molecule has 0 saturated carbocycles. The predicted octanol–water partition coefficient (Wildman–Crippen LogP) is 1.70. The molecule has 0 aromatic rings. The van der Waals surface area contributed by atoms with Crippen LogP contribution in [-0.2, 0) is 10.1 Å². The minimum atomic E-state index is -3.67. The van der Waals surface area contributed by atoms with Crippen LogP contribution in [0.1, 0.15) is 39.5 Å². The Labute approximate surface area is 87.1 Å². The van der Waals surface area contributed by atoms with Crippen LogP contribution < -0.4 is 0 Å². The van der Waals surface area contributed by atoms with Crippen LogP contribution in [0, 0.1) is 5.92 Å². The number of hydrogen-bond acceptors (Lipinski definition) is 3. The summed E-state index contributed by atoms with van der Waals surface area (Å²) in [5.41, 5.74) is 0. The van der Waals surface area contributed by atoms with E-state index in [-0.39, 0.29) is 0 Å². The molecule has 0 aliphatic rings. The van der Waals surface area contributed by atoms with E-state index in [4.69, 9.17) is 9.66 Å². The summed E-state index contributed by atoms with van der Waals surface area (Å²) in [6.45, 7) is 4.64. The largest absolute Gasteiger partial charge is 0.396 e. The molecule has 0 aliphatic heterocycles. The second-order valence-electron chi connectivity index (χ2n) is 3.52. The number of aliphatic hydroxyl groups excluding tert-OH is 1. The maximum absolute atomic E-state index is 9.19. The van der Waals surface area contributed by atoms with Gasteiger partial charge in [0, 0.05) is 6.61 Å². The van der Waals surface area contributed by atoms with Crippen LogP contribution in [0.5, 0.6) is 0 Å². The highest BCUT2D eigenvalue weighted by Crippen LogP contribution is 2.07. The maximum atomic E-state index is 9.19. The lowest BCUT2D eigenvalue weighted by molar-refractivity contribution is 0.227. The third-order valence-electron chi connectivity index (χ3n) is 1.61. The normalized spacial score (nSPS) is 12.9. The summed E-state index contributed by atoms with van der Waals surface area (Å²) in [6.07, 6.45) is 5.76. The van der Waals surface area contributed by atoms with E-state index in [0.29, 0.717) is 18.8 Å². The average Bonchev–Trinajstić information content (AvgIpc) is 2.01. The van der Waals surface area contributed by atoms with Crippen LogP contribution in [0.15, 0.2) is 0 Å². The number of rotatable bonds is 5. The van der Waals surface area contributed by atoms with E-state index in [0.717, 1.165) is 0 Å². The van der Waals surface area contributed by atoms with Crippen molar-refractivity contribution in [2.45, 2.75) is 39.5 Å². The first-order valence-electron chi connectivity index (χ1n) is 4.84. The zero-order chi connectivity index (χ0) is 11.6. The Morgan fingerprint density at radius 2 is 1.71 bits per heavy atom. The standard InChI is InChI=1S/C8H18O.CH4O3S/c1-3-4-5-6-8(2)7-9;1-5(2,3)4/h8-9H,3-7H2,1-2H3;1H3,(H,2,3,4). The Morgan fingerprint density at radius 1 is 1.29 bits per heavy atom. The summed E-state index contributed by atoms with van der Waals surface area (Å²) >= 11 is 0. The topological polar surface area (TPSA) is 74.6 Å². The predicted molar refractivity (Wildman–Crippen MR) is 57.9 cm³/mol. The van der Waals surface area contributed by atoms with Gasteiger partial charge in [-0.1, -0.05) is 33.1 Å². The molecule has 0 aromatic carbocycles. The number of unbranched alkanes of at least 4 members (excludes halogenated alkanes) is 2. The molecule has 0 fully saturated rings. The second-order valence-corrected chi connectivity index (χ2v) is 4.98. The third-order valence-corrected chi connectivity index (χ3v) is 1.61. The molecule has 14 heavy (non-hydrogen) atoms. The van der Waals surface area contributed by atoms with Crippen LogP contribution in [0.25, 0.3) is 0 Å². The van der Waals surface area contributed by atoms with Crippen molar-refractivity contribution in [2.75, 3.05) is 12.9 Å². The van der Waals surface area contributed by atoms with Crippen LogP contribution in [-0.4, -0.2) is 30.9 Å². The molecule has 0 aromatic heterocycles. The van der Waals surface area contributed by atoms with Gasteiger partial charge in [0.15, 0.2) is 0 Å². The maximum Gasteiger partial charge on any atom is 0.261 e. The van der Waals surface area contributed by atoms with Crippen molar-refractivity contribution in [3.05, 3.63) is 0 Å². The molecule has 1 unspecified atom stereocenters. The Hall–Kier alpha value is -0.130. The van der Waals surface area contributed by atoms with Crippen LogP contribution in [0.3, 0.4) is 0 Å². The molecule has 5 heteroatoms. The van der Waals surface area contributed by atoms with E-state index in [2.05, 4.69) is 13.8 Å². The third kappa shape index (κ3) is 29.7. The van der Waals surface area contributed by atoms with E-state index in [1.807, 2.05) is 0 Å². The summed E-state index contributed by atoms with van der Waals surface area (Å²) < 4.78 is 25.9. The fourth-order valence-electron chi connectivity index (χ4n) is 0.834. The van der Waals surface area contributed by atoms with Crippen molar-refractivity contribution in [3.63, 3.8) is 0 Å². The summed E-state index contributed by atoms with van der Waals surface area (Å²) in [5.74, 6) is 0.511. The Balaban J connectivity index is 0. The quantitative estimate of drug-likeness (QED) is 0.552. The molecule has 0 aliphatic carbocycles. The summed E-state index contributed by atoms with van der Waals surface area (Å²) in [6, 6.07) is 0. The van der Waals surface area contributed by atoms with Gasteiger partial charge < -0.3 is 5.11 Å². The fourth-order valence-corrected chi connectivity index (χ4v) is 0.834. The van der Waals surface area contributed by atoms with Gasteiger partial charge in [0.25, 0.3) is 10.1 Å². The van der Waals surface area contributed by atoms with Gasteiger partial charge in [0.05, 0.1) is 6.26 Å². The lowest BCUT2D eigenvalue weighted by atomic mass is 10.0. The smallest absolute Gasteiger partial charge is 0.261 e. The monoisotopic (exact) mass is 226 g/mol. The van der Waals surface area contributed by atoms with Gasteiger partial charge >= 0.3 is 0 Å². The van der Waals surface area contributed by atoms with Crippen LogP contribution in [0.4, 0.5) is 0 Å². The SMILES string of the molecule is CCCCCC(C)CO.CS(=O)(=O)O. The summed E-state index contributed by atoms with van der Waals surface area (Å²) in [5, 5.41) is 8.63. The van der Waals surface area contributed by atoms with E-state index in [1.165, 1.54) is 25.7 Å². The van der Waals surface area contributed by atoms with Gasteiger partial charge in [-0.05, 0) is 12.3 Å². The van der Waals surface area contributed by atoms with Gasteiger partial charge in [-0.3, -0.25) is 4.55 Å². The molecule has 0 bridgehead atoms. The van der Waals surface area contributed by atoms with Gasteiger partial charge in [0.2, 0.25) is 0 Å². The minimum Gasteiger partial charge on any atom is -0.396 e. The molecule has 88 valence electrons. The van der Waals surface area contributed by atoms with Crippen molar-refractivity contribution in [1.82, 2.24) is 0 Å². The minimum absolute atomic E-state index is 0.351. The van der Waals surface area contributed by atoms with Gasteiger partial charge in [0.1, 0.15) is 0 Å². The highest BCUT2D eigenvalue weighted by Gasteiger charge is 1.97. The van der Waals surface area contributed by atoms with Crippen molar-refractivity contribution < 1.29 is 18.1 Å². The number of hydrogen-bond donors (Lipinski definition) is 2. The molecule has 0 spiro atoms. The molecule has 0 saturated heterocycles. The highest BCUT2D eigenvalue weighted by atomic mass is 32.2. The Bertz CT molecular complexity index is 191. The van der Waals surface area contributed by atoms with Crippen LogP contribution in [0.2, 0.25) is 0 Å². The molecule has 1 atom stereocenters. The second kappa shape index (κ2) is 9.43. The lowest BCUT2D eigenvalue weighted by Crippen LogP contribution is -1.99. The Morgan fingerprint density at radius 3 is 2.00 bits per heavy atom. The zero-order valence-electron chi connectivity index (χ0n) is 9.23. The van der Waals surface area contributed by atoms with Gasteiger partial charge in [-0.2, -0.15) is 8.42 Å². The van der Waals surface area contributed by atoms with Crippen molar-refractivity contribution in [2.24, 2.45) is 5.92 Å². The summed E-state index contributed by atoms with van der Waals surface area (Å²) in [4.78, 5) is 0. The van der Waals surface area contributed by atoms with Gasteiger partial charge in [-0.15, -0.1) is 0 Å². The highest BCUT2D eigenvalue weighted by molar-refractivity contribution is 7.85. The van der Waals surface area contributed by atoms with Crippen LogP contribution >= 0.6 is 0 Å². The number of aliphatic hydroxyl groups is 1. The summed E-state index contributed by atoms with van der Waals surface area (Å²) in [7, 11) is -3.67. The molecule has 4 nitrogen and oxygen atoms in total. The first-order valence-corrected chi connectivity index (χ1v) is 6.69. The first kappa shape index (κ1) is 16.3. The van der Waals surface area contributed by atoms with E-state index < -0.39 is 10.1 Å². The fraction of sp³-hybridized carbons (Fsp3) is 1.00. The molecule has 0 heterocycles. The van der Waals surface area contributed by atoms with Gasteiger partial charge in [-0.25, -0.2) is 0 Å². The Kier molecular flexibility index (Phi) is 11.0. The molecular formula is C9H22O4S. The molecule has 0 radical (unpaired) electrons. The molecular weight excluding hydrogens is 204 g/mol. The average molecular weight is 226 g/mol. The molecule has 0 rings (SSSR count). The lowest BCUT2D eigenvalue weighted by Gasteiger charge is -2.04. The first-order chi connectivity index (χ1) is 6.31. The van der Waals surface area contributed by atoms with E-state index in [1.54, 1.807) is 0 Å². The molecule has 0 amide bonds. The van der Waals surface area contributed by atoms with Crippen molar-refractivity contribution >= 4 is 10.1 Å². The zero-order valence-corrected chi connectivity index (χ0v) is 10.0.